The van der Waals surface area contributed by atoms with E-state index in [9.17, 15) is 15.0 Å². The van der Waals surface area contributed by atoms with Crippen molar-refractivity contribution in [2.24, 2.45) is 5.73 Å². The van der Waals surface area contributed by atoms with Gasteiger partial charge >= 0.3 is 5.97 Å². The highest BCUT2D eigenvalue weighted by Gasteiger charge is 2.23. The quantitative estimate of drug-likeness (QED) is 0.559. The van der Waals surface area contributed by atoms with Crippen molar-refractivity contribution in [1.82, 2.24) is 0 Å². The summed E-state index contributed by atoms with van der Waals surface area (Å²) in [5.41, 5.74) is 5.37. The first kappa shape index (κ1) is 11.1. The van der Waals surface area contributed by atoms with Gasteiger partial charge in [-0.25, -0.2) is 4.79 Å². The predicted octanol–water partition coefficient (Wildman–Crippen LogP) is -0.201. The number of carboxylic acids is 1. The van der Waals surface area contributed by atoms with Crippen LogP contribution in [0.5, 0.6) is 0 Å². The van der Waals surface area contributed by atoms with E-state index in [0.29, 0.717) is 0 Å². The van der Waals surface area contributed by atoms with Gasteiger partial charge < -0.3 is 21.1 Å². The number of aliphatic hydroxyl groups is 2. The number of thiophene rings is 1. The van der Waals surface area contributed by atoms with Gasteiger partial charge in [-0.05, 0) is 5.38 Å². The fraction of sp³-hybridized carbons (Fsp3) is 0.375. The van der Waals surface area contributed by atoms with Crippen LogP contribution in [-0.4, -0.2) is 33.9 Å². The zero-order valence-corrected chi connectivity index (χ0v) is 8.07. The van der Waals surface area contributed by atoms with E-state index >= 15 is 0 Å². The summed E-state index contributed by atoms with van der Waals surface area (Å²) >= 11 is 1.16. The van der Waals surface area contributed by atoms with Crippen LogP contribution in [0, 0.1) is 0 Å². The van der Waals surface area contributed by atoms with Gasteiger partial charge in [-0.3, -0.25) is 0 Å². The highest BCUT2D eigenvalue weighted by molar-refractivity contribution is 7.08. The second kappa shape index (κ2) is 4.52. The standard InChI is InChI=1S/C8H11NO4S/c9-1-6(10)7(11)4-2-14-3-5(4)8(12)13/h2-3,6-7,10-11H,1,9H2,(H,12,13). The molecule has 5 N–H and O–H groups in total. The summed E-state index contributed by atoms with van der Waals surface area (Å²) in [5, 5.41) is 30.4. The van der Waals surface area contributed by atoms with E-state index in [4.69, 9.17) is 10.8 Å². The Kier molecular flexibility index (Phi) is 3.59. The Labute approximate surface area is 84.4 Å². The number of nitrogens with two attached hydrogens (primary N) is 1. The number of carboxylic acid groups (broad SMARTS) is 1. The molecule has 14 heavy (non-hydrogen) atoms. The van der Waals surface area contributed by atoms with Gasteiger partial charge in [0.2, 0.25) is 0 Å². The van der Waals surface area contributed by atoms with Crippen LogP contribution >= 0.6 is 11.3 Å². The summed E-state index contributed by atoms with van der Waals surface area (Å²) < 4.78 is 0. The molecule has 0 saturated carbocycles. The molecule has 5 nitrogen and oxygen atoms in total. The van der Waals surface area contributed by atoms with Gasteiger partial charge in [-0.15, -0.1) is 0 Å². The molecule has 0 aliphatic heterocycles. The van der Waals surface area contributed by atoms with Gasteiger partial charge in [-0.1, -0.05) is 0 Å². The lowest BCUT2D eigenvalue weighted by atomic mass is 10.0. The second-order valence-corrected chi connectivity index (χ2v) is 3.54. The van der Waals surface area contributed by atoms with Crippen molar-refractivity contribution in [3.05, 3.63) is 21.9 Å². The Morgan fingerprint density at radius 2 is 2.14 bits per heavy atom. The average Bonchev–Trinajstić information content (AvgIpc) is 2.63. The largest absolute Gasteiger partial charge is 0.478 e. The van der Waals surface area contributed by atoms with Gasteiger partial charge in [0.25, 0.3) is 0 Å². The first-order valence-electron chi connectivity index (χ1n) is 3.93. The summed E-state index contributed by atoms with van der Waals surface area (Å²) in [4.78, 5) is 10.7. The van der Waals surface area contributed by atoms with Crippen LogP contribution in [0.4, 0.5) is 0 Å². The van der Waals surface area contributed by atoms with Gasteiger partial charge in [0.05, 0.1) is 11.7 Å². The highest BCUT2D eigenvalue weighted by Crippen LogP contribution is 2.24. The van der Waals surface area contributed by atoms with E-state index in [0.717, 1.165) is 11.3 Å². The zero-order chi connectivity index (χ0) is 10.7. The Morgan fingerprint density at radius 3 is 2.64 bits per heavy atom. The number of rotatable bonds is 4. The minimum atomic E-state index is -1.24. The summed E-state index contributed by atoms with van der Waals surface area (Å²) in [6.45, 7) is -0.115. The van der Waals surface area contributed by atoms with Crippen molar-refractivity contribution in [1.29, 1.82) is 0 Å². The maximum Gasteiger partial charge on any atom is 0.336 e. The van der Waals surface area contributed by atoms with Gasteiger partial charge in [0.1, 0.15) is 6.10 Å². The molecule has 0 bridgehead atoms. The molecule has 0 radical (unpaired) electrons. The third-order valence-corrected chi connectivity index (χ3v) is 2.61. The lowest BCUT2D eigenvalue weighted by Gasteiger charge is -2.15. The van der Waals surface area contributed by atoms with E-state index in [2.05, 4.69) is 0 Å². The first-order valence-corrected chi connectivity index (χ1v) is 4.87. The third kappa shape index (κ3) is 2.10. The smallest absolute Gasteiger partial charge is 0.336 e. The van der Waals surface area contributed by atoms with Crippen LogP contribution in [0.2, 0.25) is 0 Å². The van der Waals surface area contributed by atoms with E-state index in [1.807, 2.05) is 0 Å². The maximum atomic E-state index is 10.7. The molecule has 0 fully saturated rings. The predicted molar refractivity (Wildman–Crippen MR) is 51.3 cm³/mol. The molecule has 2 atom stereocenters. The summed E-state index contributed by atoms with van der Waals surface area (Å²) in [6, 6.07) is 0. The molecule has 0 amide bonds. The van der Waals surface area contributed by atoms with E-state index in [1.165, 1.54) is 10.8 Å². The highest BCUT2D eigenvalue weighted by atomic mass is 32.1. The van der Waals surface area contributed by atoms with Crippen LogP contribution < -0.4 is 5.73 Å². The van der Waals surface area contributed by atoms with E-state index in [-0.39, 0.29) is 17.7 Å². The minimum Gasteiger partial charge on any atom is -0.478 e. The Morgan fingerprint density at radius 1 is 1.50 bits per heavy atom. The van der Waals surface area contributed by atoms with Crippen molar-refractivity contribution in [2.45, 2.75) is 12.2 Å². The first-order chi connectivity index (χ1) is 6.57. The molecule has 2 unspecified atom stereocenters. The van der Waals surface area contributed by atoms with Crippen LogP contribution in [-0.2, 0) is 0 Å². The van der Waals surface area contributed by atoms with Crippen LogP contribution in [0.1, 0.15) is 22.0 Å². The zero-order valence-electron chi connectivity index (χ0n) is 7.25. The maximum absolute atomic E-state index is 10.7. The van der Waals surface area contributed by atoms with Crippen LogP contribution in [0.25, 0.3) is 0 Å². The number of hydrogen-bond donors (Lipinski definition) is 4. The molecule has 0 saturated heterocycles. The topological polar surface area (TPSA) is 104 Å². The average molecular weight is 217 g/mol. The third-order valence-electron chi connectivity index (χ3n) is 1.85. The number of aliphatic hydroxyl groups excluding tert-OH is 2. The molecule has 1 heterocycles. The molecule has 0 aromatic carbocycles. The Hall–Kier alpha value is -0.950. The fourth-order valence-electron chi connectivity index (χ4n) is 1.05. The fourth-order valence-corrected chi connectivity index (χ4v) is 1.90. The Bertz CT molecular complexity index is 325. The summed E-state index contributed by atoms with van der Waals surface area (Å²) in [6.07, 6.45) is -2.37. The van der Waals surface area contributed by atoms with Crippen molar-refractivity contribution in [3.63, 3.8) is 0 Å². The summed E-state index contributed by atoms with van der Waals surface area (Å²) in [5.74, 6) is -1.12. The number of carbonyl (C=O) groups is 1. The molecule has 6 heteroatoms. The molecule has 0 aliphatic carbocycles. The SMILES string of the molecule is NCC(O)C(O)c1cscc1C(=O)O. The monoisotopic (exact) mass is 217 g/mol. The molecule has 1 aromatic rings. The number of aromatic carboxylic acids is 1. The molecule has 1 rings (SSSR count). The van der Waals surface area contributed by atoms with Gasteiger partial charge in [0, 0.05) is 17.5 Å². The summed E-state index contributed by atoms with van der Waals surface area (Å²) in [7, 11) is 0. The van der Waals surface area contributed by atoms with Crippen LogP contribution in [0.15, 0.2) is 10.8 Å². The van der Waals surface area contributed by atoms with E-state index in [1.54, 1.807) is 0 Å². The van der Waals surface area contributed by atoms with Gasteiger partial charge in [-0.2, -0.15) is 11.3 Å². The molecular weight excluding hydrogens is 206 g/mol. The van der Waals surface area contributed by atoms with Gasteiger partial charge in [0.15, 0.2) is 0 Å². The normalized spacial score (nSPS) is 15.1. The van der Waals surface area contributed by atoms with E-state index < -0.39 is 18.2 Å². The minimum absolute atomic E-state index is 0.00926. The van der Waals surface area contributed by atoms with Crippen molar-refractivity contribution >= 4 is 17.3 Å². The van der Waals surface area contributed by atoms with Crippen LogP contribution in [0.3, 0.4) is 0 Å². The molecular formula is C8H11NO4S. The second-order valence-electron chi connectivity index (χ2n) is 2.79. The lowest BCUT2D eigenvalue weighted by Crippen LogP contribution is -2.27. The van der Waals surface area contributed by atoms with Crippen molar-refractivity contribution < 1.29 is 20.1 Å². The van der Waals surface area contributed by atoms with Crippen molar-refractivity contribution in [2.75, 3.05) is 6.54 Å². The lowest BCUT2D eigenvalue weighted by molar-refractivity contribution is 0.0235. The molecule has 0 spiro atoms. The molecule has 0 aliphatic rings. The van der Waals surface area contributed by atoms with Crippen molar-refractivity contribution in [3.8, 4) is 0 Å². The Balaban J connectivity index is 2.94. The molecule has 78 valence electrons. The molecule has 1 aromatic heterocycles. The number of hydrogen-bond acceptors (Lipinski definition) is 5.